The van der Waals surface area contributed by atoms with Gasteiger partial charge in [-0.25, -0.2) is 4.98 Å². The summed E-state index contributed by atoms with van der Waals surface area (Å²) in [6.45, 7) is 0. The van der Waals surface area contributed by atoms with Gasteiger partial charge in [-0.15, -0.1) is 11.3 Å². The molecule has 2 atom stereocenters. The molecule has 0 aliphatic heterocycles. The summed E-state index contributed by atoms with van der Waals surface area (Å²) in [6.07, 6.45) is 7.33. The van der Waals surface area contributed by atoms with Crippen LogP contribution in [-0.2, 0) is 20.2 Å². The van der Waals surface area contributed by atoms with E-state index in [1.807, 2.05) is 24.3 Å². The first-order valence-electron chi connectivity index (χ1n) is 10.0. The van der Waals surface area contributed by atoms with Crippen molar-refractivity contribution in [2.24, 2.45) is 0 Å². The standard InChI is InChI=1S/C19H29NO6S4/c21-29(22,23)14-15(27)10-6-4-2-1-3-5-7-13-18(30(24,25)26)19-20-16-11-8-9-12-17(16)28-19/h8-9,11-12,15,18,27H,1-7,10,13-14H2,(H,21,22,23)(H,24,25,26). The van der Waals surface area contributed by atoms with Gasteiger partial charge >= 0.3 is 0 Å². The van der Waals surface area contributed by atoms with Crippen LogP contribution in [0.15, 0.2) is 24.3 Å². The molecule has 11 heteroatoms. The minimum atomic E-state index is -4.21. The molecule has 1 heterocycles. The van der Waals surface area contributed by atoms with Gasteiger partial charge in [-0.3, -0.25) is 9.11 Å². The highest BCUT2D eigenvalue weighted by molar-refractivity contribution is 7.88. The van der Waals surface area contributed by atoms with Crippen LogP contribution in [0.1, 0.15) is 68.0 Å². The minimum absolute atomic E-state index is 0.320. The quantitative estimate of drug-likeness (QED) is 0.193. The SMILES string of the molecule is O=S(=O)(O)CC(S)CCCCCCCCCC(c1nc2ccccc2s1)S(=O)(=O)O. The summed E-state index contributed by atoms with van der Waals surface area (Å²) in [7, 11) is -8.18. The number of unbranched alkanes of at least 4 members (excludes halogenated alkanes) is 6. The highest BCUT2D eigenvalue weighted by Crippen LogP contribution is 2.33. The summed E-state index contributed by atoms with van der Waals surface area (Å²) in [5.74, 6) is -0.320. The molecule has 0 spiro atoms. The molecule has 170 valence electrons. The Morgan fingerprint density at radius 1 is 0.900 bits per heavy atom. The van der Waals surface area contributed by atoms with Gasteiger partial charge in [-0.1, -0.05) is 57.1 Å². The van der Waals surface area contributed by atoms with Crippen molar-refractivity contribution in [3.05, 3.63) is 29.3 Å². The van der Waals surface area contributed by atoms with Gasteiger partial charge in [0.2, 0.25) is 0 Å². The summed E-state index contributed by atoms with van der Waals surface area (Å²) in [4.78, 5) is 4.38. The average Bonchev–Trinajstić information content (AvgIpc) is 3.04. The minimum Gasteiger partial charge on any atom is -0.286 e. The molecule has 0 aliphatic rings. The second-order valence-electron chi connectivity index (χ2n) is 7.48. The average molecular weight is 496 g/mol. The fourth-order valence-corrected chi connectivity index (χ4v) is 7.01. The molecule has 1 aromatic carbocycles. The predicted octanol–water partition coefficient (Wildman–Crippen LogP) is 4.92. The second-order valence-corrected chi connectivity index (χ2v) is 12.4. The van der Waals surface area contributed by atoms with E-state index in [-0.39, 0.29) is 11.0 Å². The van der Waals surface area contributed by atoms with Gasteiger partial charge in [-0.05, 0) is 25.0 Å². The van der Waals surface area contributed by atoms with Crippen molar-refractivity contribution in [1.82, 2.24) is 4.98 Å². The molecule has 7 nitrogen and oxygen atoms in total. The predicted molar refractivity (Wildman–Crippen MR) is 125 cm³/mol. The van der Waals surface area contributed by atoms with E-state index in [0.717, 1.165) is 48.7 Å². The van der Waals surface area contributed by atoms with Crippen molar-refractivity contribution in [2.75, 3.05) is 5.75 Å². The molecule has 2 unspecified atom stereocenters. The molecule has 2 rings (SSSR count). The molecule has 0 amide bonds. The van der Waals surface area contributed by atoms with Crippen LogP contribution in [0.2, 0.25) is 0 Å². The third kappa shape index (κ3) is 9.19. The lowest BCUT2D eigenvalue weighted by atomic mass is 10.1. The van der Waals surface area contributed by atoms with Gasteiger partial charge in [0.25, 0.3) is 20.2 Å². The van der Waals surface area contributed by atoms with E-state index in [4.69, 9.17) is 4.55 Å². The zero-order valence-electron chi connectivity index (χ0n) is 16.7. The monoisotopic (exact) mass is 495 g/mol. The van der Waals surface area contributed by atoms with Crippen LogP contribution in [0.4, 0.5) is 0 Å². The molecule has 0 fully saturated rings. The summed E-state index contributed by atoms with van der Waals surface area (Å²) >= 11 is 5.48. The number of nitrogens with zero attached hydrogens (tertiary/aromatic N) is 1. The number of hydrogen-bond donors (Lipinski definition) is 3. The number of hydrogen-bond acceptors (Lipinski definition) is 7. The molecule has 0 saturated carbocycles. The Hall–Kier alpha value is -0.720. The van der Waals surface area contributed by atoms with Crippen molar-refractivity contribution in [3.8, 4) is 0 Å². The maximum absolute atomic E-state index is 11.9. The molecular formula is C19H29NO6S4. The maximum Gasteiger partial charge on any atom is 0.274 e. The van der Waals surface area contributed by atoms with Crippen LogP contribution in [0.25, 0.3) is 10.2 Å². The lowest BCUT2D eigenvalue weighted by Crippen LogP contribution is -2.15. The summed E-state index contributed by atoms with van der Waals surface area (Å²) in [5.41, 5.74) is 0.742. The van der Waals surface area contributed by atoms with Crippen LogP contribution in [0.3, 0.4) is 0 Å². The highest BCUT2D eigenvalue weighted by Gasteiger charge is 2.28. The first kappa shape index (κ1) is 25.5. The molecule has 0 radical (unpaired) electrons. The summed E-state index contributed by atoms with van der Waals surface area (Å²) < 4.78 is 64.6. The molecular weight excluding hydrogens is 466 g/mol. The molecule has 2 N–H and O–H groups in total. The van der Waals surface area contributed by atoms with E-state index < -0.39 is 25.5 Å². The van der Waals surface area contributed by atoms with Crippen LogP contribution in [0, 0.1) is 0 Å². The van der Waals surface area contributed by atoms with Gasteiger partial charge in [0.15, 0.2) is 0 Å². The zero-order chi connectivity index (χ0) is 22.2. The number of thiol groups is 1. The molecule has 30 heavy (non-hydrogen) atoms. The Morgan fingerprint density at radius 3 is 2.03 bits per heavy atom. The third-order valence-electron chi connectivity index (χ3n) is 4.85. The van der Waals surface area contributed by atoms with E-state index in [9.17, 15) is 21.4 Å². The third-order valence-corrected chi connectivity index (χ3v) is 8.84. The number of thiazole rings is 1. The number of aromatic nitrogens is 1. The topological polar surface area (TPSA) is 122 Å². The van der Waals surface area contributed by atoms with Gasteiger partial charge in [0.05, 0.1) is 16.0 Å². The zero-order valence-corrected chi connectivity index (χ0v) is 20.0. The van der Waals surface area contributed by atoms with Crippen molar-refractivity contribution in [3.63, 3.8) is 0 Å². The summed E-state index contributed by atoms with van der Waals surface area (Å²) in [6, 6.07) is 7.43. The number of rotatable bonds is 14. The van der Waals surface area contributed by atoms with E-state index in [1.54, 1.807) is 0 Å². The Morgan fingerprint density at radius 2 is 1.47 bits per heavy atom. The number of benzene rings is 1. The van der Waals surface area contributed by atoms with Crippen LogP contribution in [-0.4, -0.2) is 41.9 Å². The second kappa shape index (κ2) is 11.8. The Bertz CT molecular complexity index is 970. The largest absolute Gasteiger partial charge is 0.286 e. The first-order chi connectivity index (χ1) is 14.1. The number of para-hydroxylation sites is 1. The fraction of sp³-hybridized carbons (Fsp3) is 0.632. The van der Waals surface area contributed by atoms with Gasteiger partial charge < -0.3 is 0 Å². The Kier molecular flexibility index (Phi) is 10.0. The molecule has 0 aliphatic carbocycles. The lowest BCUT2D eigenvalue weighted by Gasteiger charge is -2.11. The van der Waals surface area contributed by atoms with Gasteiger partial charge in [-0.2, -0.15) is 29.5 Å². The first-order valence-corrected chi connectivity index (χ1v) is 14.5. The van der Waals surface area contributed by atoms with Crippen molar-refractivity contribution >= 4 is 54.4 Å². The highest BCUT2D eigenvalue weighted by atomic mass is 32.2. The van der Waals surface area contributed by atoms with Gasteiger partial charge in [0.1, 0.15) is 10.3 Å². The van der Waals surface area contributed by atoms with Crippen molar-refractivity contribution in [1.29, 1.82) is 0 Å². The Balaban J connectivity index is 1.67. The van der Waals surface area contributed by atoms with Gasteiger partial charge in [0, 0.05) is 5.25 Å². The van der Waals surface area contributed by atoms with E-state index in [2.05, 4.69) is 17.6 Å². The summed E-state index contributed by atoms with van der Waals surface area (Å²) in [5, 5.41) is -0.894. The molecule has 2 aromatic rings. The van der Waals surface area contributed by atoms with E-state index >= 15 is 0 Å². The number of fused-ring (bicyclic) bond motifs is 1. The van der Waals surface area contributed by atoms with Crippen LogP contribution >= 0.6 is 24.0 Å². The fourth-order valence-electron chi connectivity index (χ4n) is 3.35. The van der Waals surface area contributed by atoms with Crippen LogP contribution in [0.5, 0.6) is 0 Å². The van der Waals surface area contributed by atoms with Crippen molar-refractivity contribution in [2.45, 2.75) is 68.3 Å². The van der Waals surface area contributed by atoms with E-state index in [0.29, 0.717) is 24.3 Å². The maximum atomic E-state index is 11.9. The normalized spacial score (nSPS) is 14.8. The lowest BCUT2D eigenvalue weighted by molar-refractivity contribution is 0.457. The molecule has 0 bridgehead atoms. The van der Waals surface area contributed by atoms with Crippen molar-refractivity contribution < 1.29 is 25.9 Å². The molecule has 1 aromatic heterocycles. The van der Waals surface area contributed by atoms with Crippen LogP contribution < -0.4 is 0 Å². The van der Waals surface area contributed by atoms with E-state index in [1.165, 1.54) is 11.3 Å². The Labute approximate surface area is 188 Å². The molecule has 0 saturated heterocycles. The smallest absolute Gasteiger partial charge is 0.274 e.